The van der Waals surface area contributed by atoms with E-state index >= 15 is 0 Å². The molecular formula is C20H21FN4O. The summed E-state index contributed by atoms with van der Waals surface area (Å²) in [6.07, 6.45) is 4.30. The van der Waals surface area contributed by atoms with E-state index in [0.717, 1.165) is 66.0 Å². The van der Waals surface area contributed by atoms with E-state index in [1.807, 2.05) is 18.0 Å². The first-order valence-corrected chi connectivity index (χ1v) is 9.19. The number of rotatable bonds is 1. The number of halogens is 1. The highest BCUT2D eigenvalue weighted by molar-refractivity contribution is 5.86. The fraction of sp³-hybridized carbons (Fsp3) is 0.400. The van der Waals surface area contributed by atoms with Crippen LogP contribution < -0.4 is 0 Å². The number of aryl methyl sites for hydroxylation is 1. The quantitative estimate of drug-likeness (QED) is 0.732. The third-order valence-corrected chi connectivity index (χ3v) is 5.89. The summed E-state index contributed by atoms with van der Waals surface area (Å²) in [5.74, 6) is 1.02. The van der Waals surface area contributed by atoms with E-state index in [9.17, 15) is 9.18 Å². The number of benzene rings is 1. The smallest absolute Gasteiger partial charge is 0.226 e. The molecule has 0 aliphatic carbocycles. The van der Waals surface area contributed by atoms with Crippen molar-refractivity contribution < 1.29 is 9.18 Å². The maximum Gasteiger partial charge on any atom is 0.226 e. The lowest BCUT2D eigenvalue weighted by Crippen LogP contribution is -2.41. The number of aromatic amines is 1. The molecule has 26 heavy (non-hydrogen) atoms. The number of aromatic nitrogens is 3. The summed E-state index contributed by atoms with van der Waals surface area (Å²) < 4.78 is 15.9. The molecule has 5 rings (SSSR count). The Bertz CT molecular complexity index is 1020. The highest BCUT2D eigenvalue weighted by Crippen LogP contribution is 2.30. The molecule has 0 saturated heterocycles. The number of hydrogen-bond donors (Lipinski definition) is 1. The Morgan fingerprint density at radius 2 is 2.23 bits per heavy atom. The van der Waals surface area contributed by atoms with Crippen LogP contribution in [-0.2, 0) is 30.7 Å². The first kappa shape index (κ1) is 15.6. The number of nitrogens with one attached hydrogen (secondary N) is 1. The minimum absolute atomic E-state index is 0.0158. The van der Waals surface area contributed by atoms with Crippen LogP contribution in [0.4, 0.5) is 4.39 Å². The Balaban J connectivity index is 1.40. The van der Waals surface area contributed by atoms with Gasteiger partial charge in [0, 0.05) is 72.4 Å². The van der Waals surface area contributed by atoms with Gasteiger partial charge in [-0.25, -0.2) is 9.37 Å². The third kappa shape index (κ3) is 2.35. The number of hydrogen-bond acceptors (Lipinski definition) is 2. The van der Waals surface area contributed by atoms with Gasteiger partial charge in [0.25, 0.3) is 0 Å². The summed E-state index contributed by atoms with van der Waals surface area (Å²) in [7, 11) is 0. The first-order chi connectivity index (χ1) is 12.6. The van der Waals surface area contributed by atoms with Crippen molar-refractivity contribution in [3.05, 3.63) is 53.0 Å². The molecule has 0 spiro atoms. The van der Waals surface area contributed by atoms with Gasteiger partial charge in [-0.05, 0) is 31.5 Å². The van der Waals surface area contributed by atoms with E-state index in [2.05, 4.69) is 14.5 Å². The van der Waals surface area contributed by atoms with Crippen molar-refractivity contribution in [2.24, 2.45) is 5.92 Å². The summed E-state index contributed by atoms with van der Waals surface area (Å²) in [5, 5.41) is 0.898. The van der Waals surface area contributed by atoms with Gasteiger partial charge in [-0.15, -0.1) is 0 Å². The normalized spacial score (nSPS) is 19.5. The predicted octanol–water partition coefficient (Wildman–Crippen LogP) is 2.96. The second-order valence-corrected chi connectivity index (χ2v) is 7.42. The zero-order chi connectivity index (χ0) is 17.8. The second-order valence-electron chi connectivity index (χ2n) is 7.42. The molecule has 2 aliphatic rings. The van der Waals surface area contributed by atoms with Crippen LogP contribution in [0.1, 0.15) is 29.2 Å². The highest BCUT2D eigenvalue weighted by atomic mass is 19.1. The molecule has 5 nitrogen and oxygen atoms in total. The maximum absolute atomic E-state index is 13.7. The van der Waals surface area contributed by atoms with E-state index in [1.54, 1.807) is 12.1 Å². The first-order valence-electron chi connectivity index (χ1n) is 9.19. The molecule has 2 aromatic heterocycles. The Labute approximate surface area is 150 Å². The average molecular weight is 352 g/mol. The second kappa shape index (κ2) is 5.69. The molecular weight excluding hydrogens is 331 g/mol. The van der Waals surface area contributed by atoms with Crippen LogP contribution in [0.25, 0.3) is 10.9 Å². The number of fused-ring (bicyclic) bond motifs is 4. The fourth-order valence-electron chi connectivity index (χ4n) is 4.47. The van der Waals surface area contributed by atoms with Crippen LogP contribution in [0.3, 0.4) is 0 Å². The van der Waals surface area contributed by atoms with Gasteiger partial charge in [0.1, 0.15) is 11.6 Å². The monoisotopic (exact) mass is 352 g/mol. The van der Waals surface area contributed by atoms with Crippen LogP contribution in [0.2, 0.25) is 0 Å². The van der Waals surface area contributed by atoms with Crippen molar-refractivity contribution in [1.29, 1.82) is 0 Å². The lowest BCUT2D eigenvalue weighted by molar-refractivity contribution is -0.137. The van der Waals surface area contributed by atoms with E-state index < -0.39 is 0 Å². The molecule has 1 N–H and O–H groups in total. The van der Waals surface area contributed by atoms with Crippen LogP contribution >= 0.6 is 0 Å². The summed E-state index contributed by atoms with van der Waals surface area (Å²) in [5.41, 5.74) is 4.30. The molecule has 0 fully saturated rings. The van der Waals surface area contributed by atoms with Crippen LogP contribution in [-0.4, -0.2) is 31.9 Å². The molecule has 4 heterocycles. The minimum Gasteiger partial charge on any atom is -0.358 e. The number of nitrogens with zero attached hydrogens (tertiary/aromatic N) is 3. The average Bonchev–Trinajstić information content (AvgIpc) is 3.20. The molecule has 1 amide bonds. The zero-order valence-corrected chi connectivity index (χ0v) is 14.8. The molecule has 134 valence electrons. The molecule has 6 heteroatoms. The van der Waals surface area contributed by atoms with E-state index in [0.29, 0.717) is 6.54 Å². The Hall–Kier alpha value is -2.63. The standard InChI is InChI=1S/C20H21FN4O/c1-12-22-10-15-8-13(4-7-25(12)15)20(26)24-6-5-19-17(11-24)16-9-14(21)2-3-18(16)23-19/h2-3,9-10,13,23H,4-8,11H2,1H3. The van der Waals surface area contributed by atoms with Gasteiger partial charge in [-0.1, -0.05) is 0 Å². The fourth-order valence-corrected chi connectivity index (χ4v) is 4.47. The SMILES string of the molecule is Cc1ncc2n1CCC(C(=O)N1CCc3[nH]c4ccc(F)cc4c3C1)C2. The van der Waals surface area contributed by atoms with Crippen molar-refractivity contribution in [3.8, 4) is 0 Å². The summed E-state index contributed by atoms with van der Waals surface area (Å²) in [6.45, 7) is 4.14. The number of amides is 1. The van der Waals surface area contributed by atoms with Crippen molar-refractivity contribution >= 4 is 16.8 Å². The molecule has 1 unspecified atom stereocenters. The molecule has 0 radical (unpaired) electrons. The van der Waals surface area contributed by atoms with Gasteiger partial charge >= 0.3 is 0 Å². The Kier molecular flexibility index (Phi) is 3.42. The van der Waals surface area contributed by atoms with Crippen molar-refractivity contribution in [2.45, 2.75) is 39.3 Å². The van der Waals surface area contributed by atoms with Crippen molar-refractivity contribution in [2.75, 3.05) is 6.54 Å². The highest BCUT2D eigenvalue weighted by Gasteiger charge is 2.32. The molecule has 3 aromatic rings. The van der Waals surface area contributed by atoms with E-state index in [1.165, 1.54) is 6.07 Å². The van der Waals surface area contributed by atoms with E-state index in [4.69, 9.17) is 0 Å². The van der Waals surface area contributed by atoms with Gasteiger partial charge in [-0.2, -0.15) is 0 Å². The maximum atomic E-state index is 13.7. The number of carbonyl (C=O) groups is 1. The largest absolute Gasteiger partial charge is 0.358 e. The van der Waals surface area contributed by atoms with Crippen LogP contribution in [0.5, 0.6) is 0 Å². The minimum atomic E-state index is -0.237. The summed E-state index contributed by atoms with van der Waals surface area (Å²) in [4.78, 5) is 22.8. The van der Waals surface area contributed by atoms with Crippen molar-refractivity contribution in [1.82, 2.24) is 19.4 Å². The van der Waals surface area contributed by atoms with Gasteiger partial charge in [0.05, 0.1) is 0 Å². The van der Waals surface area contributed by atoms with Gasteiger partial charge in [0.15, 0.2) is 0 Å². The van der Waals surface area contributed by atoms with Crippen molar-refractivity contribution in [3.63, 3.8) is 0 Å². The molecule has 1 aromatic carbocycles. The Morgan fingerprint density at radius 1 is 1.35 bits per heavy atom. The number of H-pyrrole nitrogens is 1. The van der Waals surface area contributed by atoms with E-state index in [-0.39, 0.29) is 17.6 Å². The molecule has 1 atom stereocenters. The number of imidazole rings is 1. The third-order valence-electron chi connectivity index (χ3n) is 5.89. The van der Waals surface area contributed by atoms with Crippen LogP contribution in [0, 0.1) is 18.7 Å². The summed E-state index contributed by atoms with van der Waals surface area (Å²) in [6, 6.07) is 4.82. The molecule has 2 aliphatic heterocycles. The summed E-state index contributed by atoms with van der Waals surface area (Å²) >= 11 is 0. The zero-order valence-electron chi connectivity index (χ0n) is 14.8. The number of carbonyl (C=O) groups excluding carboxylic acids is 1. The lowest BCUT2D eigenvalue weighted by Gasteiger charge is -2.32. The van der Waals surface area contributed by atoms with Gasteiger partial charge < -0.3 is 14.5 Å². The van der Waals surface area contributed by atoms with Gasteiger partial charge in [0.2, 0.25) is 5.91 Å². The Morgan fingerprint density at radius 3 is 3.12 bits per heavy atom. The van der Waals surface area contributed by atoms with Gasteiger partial charge in [-0.3, -0.25) is 4.79 Å². The molecule has 0 bridgehead atoms. The van der Waals surface area contributed by atoms with Crippen LogP contribution in [0.15, 0.2) is 24.4 Å². The molecule has 0 saturated carbocycles. The lowest BCUT2D eigenvalue weighted by atomic mass is 9.93. The predicted molar refractivity (Wildman–Crippen MR) is 96.2 cm³/mol. The topological polar surface area (TPSA) is 53.9 Å².